The predicted molar refractivity (Wildman–Crippen MR) is 124 cm³/mol. The van der Waals surface area contributed by atoms with Crippen molar-refractivity contribution in [3.63, 3.8) is 0 Å². The number of benzene rings is 2. The lowest BCUT2D eigenvalue weighted by Crippen LogP contribution is -2.52. The highest BCUT2D eigenvalue weighted by Crippen LogP contribution is 2.23. The predicted octanol–water partition coefficient (Wildman–Crippen LogP) is 5.30. The molecular formula is C24H30Cl2N2O2. The average Bonchev–Trinajstić information content (AvgIpc) is 2.74. The molecule has 0 fully saturated rings. The van der Waals surface area contributed by atoms with Crippen molar-refractivity contribution in [2.24, 2.45) is 0 Å². The smallest absolute Gasteiger partial charge is 0.243 e. The van der Waals surface area contributed by atoms with Crippen molar-refractivity contribution < 1.29 is 9.59 Å². The van der Waals surface area contributed by atoms with E-state index >= 15 is 0 Å². The van der Waals surface area contributed by atoms with E-state index in [1.165, 1.54) is 0 Å². The molecule has 2 amide bonds. The Morgan fingerprint density at radius 3 is 2.27 bits per heavy atom. The molecule has 30 heavy (non-hydrogen) atoms. The number of nitrogens with zero attached hydrogens (tertiary/aromatic N) is 1. The molecule has 0 bridgehead atoms. The van der Waals surface area contributed by atoms with Gasteiger partial charge in [0.05, 0.1) is 16.5 Å². The Kier molecular flexibility index (Phi) is 9.67. The van der Waals surface area contributed by atoms with E-state index in [9.17, 15) is 9.59 Å². The van der Waals surface area contributed by atoms with Crippen LogP contribution in [0.15, 0.2) is 48.5 Å². The zero-order valence-corrected chi connectivity index (χ0v) is 19.3. The minimum absolute atomic E-state index is 0.0627. The summed E-state index contributed by atoms with van der Waals surface area (Å²) in [7, 11) is 0. The Labute approximate surface area is 189 Å². The Morgan fingerprint density at radius 2 is 1.67 bits per heavy atom. The molecule has 0 aliphatic heterocycles. The fourth-order valence-corrected chi connectivity index (χ4v) is 3.58. The van der Waals surface area contributed by atoms with Crippen molar-refractivity contribution in [2.45, 2.75) is 58.5 Å². The molecule has 0 aliphatic rings. The van der Waals surface area contributed by atoms with Gasteiger partial charge in [-0.2, -0.15) is 0 Å². The molecule has 0 saturated heterocycles. The molecule has 1 N–H and O–H groups in total. The second-order valence-electron chi connectivity index (χ2n) is 7.49. The highest BCUT2D eigenvalue weighted by Gasteiger charge is 2.28. The lowest BCUT2D eigenvalue weighted by molar-refractivity contribution is -0.140. The molecule has 0 aromatic heterocycles. The van der Waals surface area contributed by atoms with Gasteiger partial charge >= 0.3 is 0 Å². The lowest BCUT2D eigenvalue weighted by Gasteiger charge is -2.31. The first kappa shape index (κ1) is 24.2. The molecule has 0 heterocycles. The summed E-state index contributed by atoms with van der Waals surface area (Å²) >= 11 is 12.1. The van der Waals surface area contributed by atoms with Gasteiger partial charge in [-0.3, -0.25) is 9.59 Å². The second-order valence-corrected chi connectivity index (χ2v) is 8.30. The number of halogens is 2. The number of carbonyl (C=O) groups excluding carboxylic acids is 2. The van der Waals surface area contributed by atoms with Gasteiger partial charge in [0.1, 0.15) is 6.04 Å². The fraction of sp³-hybridized carbons (Fsp3) is 0.417. The number of rotatable bonds is 10. The minimum Gasteiger partial charge on any atom is -0.352 e. The minimum atomic E-state index is -0.516. The van der Waals surface area contributed by atoms with E-state index in [2.05, 4.69) is 5.32 Å². The summed E-state index contributed by atoms with van der Waals surface area (Å²) in [6, 6.07) is 14.7. The highest BCUT2D eigenvalue weighted by molar-refractivity contribution is 6.42. The Morgan fingerprint density at radius 1 is 0.967 bits per heavy atom. The lowest BCUT2D eigenvalue weighted by atomic mass is 10.1. The van der Waals surface area contributed by atoms with Gasteiger partial charge in [-0.1, -0.05) is 73.4 Å². The third-order valence-electron chi connectivity index (χ3n) is 5.21. The molecule has 4 nitrogen and oxygen atoms in total. The first-order valence-electron chi connectivity index (χ1n) is 10.4. The van der Waals surface area contributed by atoms with Crippen LogP contribution in [0.2, 0.25) is 10.0 Å². The van der Waals surface area contributed by atoms with Crippen molar-refractivity contribution in [3.8, 4) is 0 Å². The maximum absolute atomic E-state index is 13.3. The number of carbonyl (C=O) groups is 2. The van der Waals surface area contributed by atoms with Crippen LogP contribution in [0.25, 0.3) is 0 Å². The molecule has 2 aromatic carbocycles. The van der Waals surface area contributed by atoms with Crippen molar-refractivity contribution in [3.05, 3.63) is 69.7 Å². The molecule has 2 rings (SSSR count). The molecular weight excluding hydrogens is 419 g/mol. The van der Waals surface area contributed by atoms with Crippen LogP contribution in [0.1, 0.15) is 44.7 Å². The van der Waals surface area contributed by atoms with Crippen molar-refractivity contribution in [2.75, 3.05) is 6.54 Å². The fourth-order valence-electron chi connectivity index (χ4n) is 3.26. The van der Waals surface area contributed by atoms with E-state index in [1.54, 1.807) is 23.1 Å². The summed E-state index contributed by atoms with van der Waals surface area (Å²) < 4.78 is 0. The highest BCUT2D eigenvalue weighted by atomic mass is 35.5. The van der Waals surface area contributed by atoms with Crippen LogP contribution >= 0.6 is 23.2 Å². The molecule has 0 unspecified atom stereocenters. The molecule has 0 saturated carbocycles. The molecule has 2 aromatic rings. The number of hydrogen-bond acceptors (Lipinski definition) is 2. The standard InChI is InChI=1S/C24H30Cl2N2O2/c1-4-17(3)27-24(30)22(5-2)28(14-13-18-9-7-6-8-10-18)23(29)16-19-11-12-20(25)21(26)15-19/h6-12,15,17,22H,4-5,13-14,16H2,1-3H3,(H,27,30)/t17-,22-/m0/s1. The van der Waals surface area contributed by atoms with Crippen LogP contribution in [-0.4, -0.2) is 35.3 Å². The Bertz CT molecular complexity index is 842. The second kappa shape index (κ2) is 12.0. The largest absolute Gasteiger partial charge is 0.352 e. The summed E-state index contributed by atoms with van der Waals surface area (Å²) in [5, 5.41) is 3.89. The van der Waals surface area contributed by atoms with Crippen molar-refractivity contribution in [1.82, 2.24) is 10.2 Å². The van der Waals surface area contributed by atoms with Gasteiger partial charge in [0.2, 0.25) is 11.8 Å². The summed E-state index contributed by atoms with van der Waals surface area (Å²) in [6.07, 6.45) is 2.23. The monoisotopic (exact) mass is 448 g/mol. The van der Waals surface area contributed by atoms with Gasteiger partial charge in [0.15, 0.2) is 0 Å². The normalized spacial score (nSPS) is 12.8. The van der Waals surface area contributed by atoms with Gasteiger partial charge < -0.3 is 10.2 Å². The first-order chi connectivity index (χ1) is 14.3. The average molecular weight is 449 g/mol. The van der Waals surface area contributed by atoms with E-state index in [4.69, 9.17) is 23.2 Å². The molecule has 2 atom stereocenters. The maximum Gasteiger partial charge on any atom is 0.243 e. The van der Waals surface area contributed by atoms with Crippen LogP contribution in [0.5, 0.6) is 0 Å². The zero-order valence-electron chi connectivity index (χ0n) is 17.8. The third-order valence-corrected chi connectivity index (χ3v) is 5.95. The van der Waals surface area contributed by atoms with E-state index in [0.29, 0.717) is 29.4 Å². The van der Waals surface area contributed by atoms with Crippen LogP contribution in [0.4, 0.5) is 0 Å². The molecule has 0 spiro atoms. The third kappa shape index (κ3) is 7.03. The van der Waals surface area contributed by atoms with E-state index in [-0.39, 0.29) is 24.3 Å². The summed E-state index contributed by atoms with van der Waals surface area (Å²) in [4.78, 5) is 27.9. The van der Waals surface area contributed by atoms with Gasteiger partial charge in [-0.15, -0.1) is 0 Å². The summed E-state index contributed by atoms with van der Waals surface area (Å²) in [6.45, 7) is 6.39. The zero-order chi connectivity index (χ0) is 22.1. The van der Waals surface area contributed by atoms with Crippen molar-refractivity contribution in [1.29, 1.82) is 0 Å². The van der Waals surface area contributed by atoms with Crippen LogP contribution in [0.3, 0.4) is 0 Å². The van der Waals surface area contributed by atoms with Gasteiger partial charge in [0.25, 0.3) is 0 Å². The van der Waals surface area contributed by atoms with Gasteiger partial charge in [0, 0.05) is 12.6 Å². The molecule has 162 valence electrons. The van der Waals surface area contributed by atoms with E-state index < -0.39 is 6.04 Å². The maximum atomic E-state index is 13.3. The Balaban J connectivity index is 2.22. The van der Waals surface area contributed by atoms with Gasteiger partial charge in [-0.05, 0) is 49.4 Å². The summed E-state index contributed by atoms with van der Waals surface area (Å²) in [5.41, 5.74) is 1.90. The molecule has 0 radical (unpaired) electrons. The number of nitrogens with one attached hydrogen (secondary N) is 1. The topological polar surface area (TPSA) is 49.4 Å². The first-order valence-corrected chi connectivity index (χ1v) is 11.2. The van der Waals surface area contributed by atoms with Crippen LogP contribution < -0.4 is 5.32 Å². The van der Waals surface area contributed by atoms with Crippen LogP contribution in [0, 0.1) is 0 Å². The summed E-state index contributed by atoms with van der Waals surface area (Å²) in [5.74, 6) is -0.210. The molecule has 6 heteroatoms. The quantitative estimate of drug-likeness (QED) is 0.535. The number of hydrogen-bond donors (Lipinski definition) is 1. The SMILES string of the molecule is CC[C@H](C)NC(=O)[C@H](CC)N(CCc1ccccc1)C(=O)Cc1ccc(Cl)c(Cl)c1. The number of amides is 2. The van der Waals surface area contributed by atoms with Gasteiger partial charge in [-0.25, -0.2) is 0 Å². The van der Waals surface area contributed by atoms with E-state index in [0.717, 1.165) is 17.5 Å². The molecule has 0 aliphatic carbocycles. The van der Waals surface area contributed by atoms with E-state index in [1.807, 2.05) is 51.1 Å². The van der Waals surface area contributed by atoms with Crippen molar-refractivity contribution >= 4 is 35.0 Å². The Hall–Kier alpha value is -2.04. The van der Waals surface area contributed by atoms with Crippen LogP contribution in [-0.2, 0) is 22.4 Å².